The fourth-order valence-corrected chi connectivity index (χ4v) is 5.63. The minimum Gasteiger partial charge on any atom is -0.493 e. The molecule has 12 heteroatoms. The summed E-state index contributed by atoms with van der Waals surface area (Å²) in [6.45, 7) is 2.25. The third kappa shape index (κ3) is 6.25. The predicted molar refractivity (Wildman–Crippen MR) is 171 cm³/mol. The van der Waals surface area contributed by atoms with E-state index in [9.17, 15) is 24.0 Å². The molecule has 0 spiro atoms. The lowest BCUT2D eigenvalue weighted by Gasteiger charge is -2.21. The van der Waals surface area contributed by atoms with Gasteiger partial charge in [0.25, 0.3) is 17.7 Å². The number of nitrogens with two attached hydrogens (primary N) is 1. The van der Waals surface area contributed by atoms with Gasteiger partial charge in [0.2, 0.25) is 0 Å². The molecule has 3 aromatic carbocycles. The molecular formula is C35H31N5O7. The third-order valence-corrected chi connectivity index (χ3v) is 8.11. The van der Waals surface area contributed by atoms with E-state index in [-0.39, 0.29) is 35.5 Å². The molecule has 0 radical (unpaired) electrons. The average Bonchev–Trinajstić information content (AvgIpc) is 3.52. The Bertz CT molecular complexity index is 1930. The first-order chi connectivity index (χ1) is 22.6. The highest BCUT2D eigenvalue weighted by Gasteiger charge is 2.37. The Balaban J connectivity index is 1.15. The highest BCUT2D eigenvalue weighted by Crippen LogP contribution is 2.37. The van der Waals surface area contributed by atoms with Crippen LogP contribution in [0.3, 0.4) is 0 Å². The average molecular weight is 634 g/mol. The number of methoxy groups -OCH3 is 1. The van der Waals surface area contributed by atoms with Crippen LogP contribution in [0.25, 0.3) is 0 Å². The van der Waals surface area contributed by atoms with E-state index in [2.05, 4.69) is 22.4 Å². The van der Waals surface area contributed by atoms with Crippen LogP contribution in [-0.2, 0) is 29.1 Å². The number of nitrogens with zero attached hydrogens (tertiary/aromatic N) is 3. The van der Waals surface area contributed by atoms with Crippen LogP contribution in [0.1, 0.15) is 61.1 Å². The predicted octanol–water partition coefficient (Wildman–Crippen LogP) is 3.87. The minimum absolute atomic E-state index is 0.0279. The molecule has 0 saturated carbocycles. The largest absolute Gasteiger partial charge is 0.493 e. The van der Waals surface area contributed by atoms with E-state index in [1.807, 2.05) is 31.2 Å². The van der Waals surface area contributed by atoms with E-state index in [1.54, 1.807) is 42.3 Å². The van der Waals surface area contributed by atoms with Crippen molar-refractivity contribution in [3.63, 3.8) is 0 Å². The summed E-state index contributed by atoms with van der Waals surface area (Å²) < 4.78 is 11.8. The summed E-state index contributed by atoms with van der Waals surface area (Å²) in [5, 5.41) is 2.19. The Morgan fingerprint density at radius 1 is 0.894 bits per heavy atom. The smallest absolute Gasteiger partial charge is 0.314 e. The second kappa shape index (κ2) is 12.8. The van der Waals surface area contributed by atoms with Crippen LogP contribution in [0.5, 0.6) is 11.5 Å². The summed E-state index contributed by atoms with van der Waals surface area (Å²) in [6.07, 6.45) is 2.71. The number of ether oxygens (including phenoxy) is 2. The number of rotatable bonds is 10. The van der Waals surface area contributed by atoms with Crippen molar-refractivity contribution in [3.8, 4) is 11.5 Å². The number of anilines is 2. The number of primary amides is 1. The first kappa shape index (κ1) is 31.0. The van der Waals surface area contributed by atoms with Gasteiger partial charge in [-0.25, -0.2) is 4.98 Å². The fourth-order valence-electron chi connectivity index (χ4n) is 5.63. The number of amides is 5. The molecule has 0 fully saturated rings. The SMILES string of the molecule is COc1ccc(N2Cc3ccc(CN4C(=O)c5cnc(NC(=O)C(N)=O)cc5C4=O)cc3C2=O)cc1OC(C)CCc1ccccc1. The highest BCUT2D eigenvalue weighted by atomic mass is 16.5. The van der Waals surface area contributed by atoms with Crippen LogP contribution in [-0.4, -0.2) is 52.6 Å². The lowest BCUT2D eigenvalue weighted by molar-refractivity contribution is -0.134. The van der Waals surface area contributed by atoms with Crippen molar-refractivity contribution in [2.24, 2.45) is 5.73 Å². The zero-order valence-electron chi connectivity index (χ0n) is 25.7. The maximum atomic E-state index is 13.6. The zero-order valence-corrected chi connectivity index (χ0v) is 25.7. The second-order valence-electron chi connectivity index (χ2n) is 11.3. The molecule has 3 N–H and O–H groups in total. The lowest BCUT2D eigenvalue weighted by atomic mass is 10.1. The first-order valence-electron chi connectivity index (χ1n) is 14.9. The summed E-state index contributed by atoms with van der Waals surface area (Å²) in [5.74, 6) is -2.70. The molecule has 3 heterocycles. The molecule has 4 aromatic rings. The Hall–Kier alpha value is -6.04. The molecule has 12 nitrogen and oxygen atoms in total. The Kier molecular flexibility index (Phi) is 8.40. The number of imide groups is 1. The topological polar surface area (TPSA) is 161 Å². The number of pyridine rings is 1. The molecule has 0 aliphatic carbocycles. The van der Waals surface area contributed by atoms with Crippen molar-refractivity contribution in [3.05, 3.63) is 112 Å². The van der Waals surface area contributed by atoms with Gasteiger partial charge in [-0.2, -0.15) is 0 Å². The molecule has 1 aromatic heterocycles. The van der Waals surface area contributed by atoms with Crippen molar-refractivity contribution < 1.29 is 33.4 Å². The lowest BCUT2D eigenvalue weighted by Crippen LogP contribution is -2.30. The number of nitrogens with one attached hydrogen (secondary N) is 1. The molecule has 1 atom stereocenters. The van der Waals surface area contributed by atoms with E-state index in [0.29, 0.717) is 34.9 Å². The number of aromatic nitrogens is 1. The maximum absolute atomic E-state index is 13.6. The maximum Gasteiger partial charge on any atom is 0.314 e. The molecule has 6 rings (SSSR count). The summed E-state index contributed by atoms with van der Waals surface area (Å²) in [6, 6.07) is 22.0. The van der Waals surface area contributed by atoms with Crippen LogP contribution in [0.15, 0.2) is 79.0 Å². The zero-order chi connectivity index (χ0) is 33.2. The fraction of sp³-hybridized carbons (Fsp3) is 0.200. The van der Waals surface area contributed by atoms with Gasteiger partial charge in [0.05, 0.1) is 37.4 Å². The Labute approximate surface area is 270 Å². The molecule has 2 aliphatic heterocycles. The van der Waals surface area contributed by atoms with Gasteiger partial charge >= 0.3 is 11.8 Å². The van der Waals surface area contributed by atoms with Crippen LogP contribution < -0.4 is 25.4 Å². The number of hydrogen-bond donors (Lipinski definition) is 2. The Morgan fingerprint density at radius 2 is 1.66 bits per heavy atom. The van der Waals surface area contributed by atoms with Gasteiger partial charge in [-0.15, -0.1) is 0 Å². The highest BCUT2D eigenvalue weighted by molar-refractivity contribution is 6.39. The summed E-state index contributed by atoms with van der Waals surface area (Å²) in [4.78, 5) is 69.2. The van der Waals surface area contributed by atoms with E-state index in [4.69, 9.17) is 15.2 Å². The monoisotopic (exact) mass is 633 g/mol. The quantitative estimate of drug-likeness (QED) is 0.197. The normalized spacial score (nSPS) is 14.1. The summed E-state index contributed by atoms with van der Waals surface area (Å²) >= 11 is 0. The molecule has 0 bridgehead atoms. The van der Waals surface area contributed by atoms with Crippen molar-refractivity contribution in [2.75, 3.05) is 17.3 Å². The second-order valence-corrected chi connectivity index (χ2v) is 11.3. The van der Waals surface area contributed by atoms with Gasteiger partial charge in [0, 0.05) is 23.5 Å². The van der Waals surface area contributed by atoms with Crippen LogP contribution in [0, 0.1) is 0 Å². The summed E-state index contributed by atoms with van der Waals surface area (Å²) in [7, 11) is 1.57. The molecular weight excluding hydrogens is 602 g/mol. The van der Waals surface area contributed by atoms with E-state index >= 15 is 0 Å². The molecule has 1 unspecified atom stereocenters. The first-order valence-corrected chi connectivity index (χ1v) is 14.9. The van der Waals surface area contributed by atoms with Crippen molar-refractivity contribution in [2.45, 2.75) is 39.0 Å². The molecule has 5 amide bonds. The van der Waals surface area contributed by atoms with Crippen molar-refractivity contribution in [1.82, 2.24) is 9.88 Å². The van der Waals surface area contributed by atoms with Crippen LogP contribution >= 0.6 is 0 Å². The number of carbonyl (C=O) groups excluding carboxylic acids is 5. The van der Waals surface area contributed by atoms with Crippen molar-refractivity contribution in [1.29, 1.82) is 0 Å². The number of fused-ring (bicyclic) bond motifs is 2. The third-order valence-electron chi connectivity index (χ3n) is 8.11. The summed E-state index contributed by atoms with van der Waals surface area (Å²) in [5.41, 5.74) is 8.76. The minimum atomic E-state index is -1.22. The van der Waals surface area contributed by atoms with Gasteiger partial charge in [-0.1, -0.05) is 42.5 Å². The van der Waals surface area contributed by atoms with E-state index in [0.717, 1.165) is 29.5 Å². The van der Waals surface area contributed by atoms with Gasteiger partial charge < -0.3 is 25.4 Å². The molecule has 2 aliphatic rings. The van der Waals surface area contributed by atoms with E-state index in [1.165, 1.54) is 11.6 Å². The van der Waals surface area contributed by atoms with Crippen LogP contribution in [0.2, 0.25) is 0 Å². The van der Waals surface area contributed by atoms with Gasteiger partial charge in [0.1, 0.15) is 5.82 Å². The number of carbonyl (C=O) groups is 5. The Morgan fingerprint density at radius 3 is 2.40 bits per heavy atom. The van der Waals surface area contributed by atoms with Crippen molar-refractivity contribution >= 4 is 41.0 Å². The van der Waals surface area contributed by atoms with Crippen LogP contribution in [0.4, 0.5) is 11.5 Å². The molecule has 0 saturated heterocycles. The number of aryl methyl sites for hydroxylation is 1. The van der Waals surface area contributed by atoms with Gasteiger partial charge in [0.15, 0.2) is 11.5 Å². The number of hydrogen-bond acceptors (Lipinski definition) is 8. The molecule has 238 valence electrons. The molecule has 47 heavy (non-hydrogen) atoms. The standard InChI is InChI=1S/C35H31N5O7/c1-20(8-9-21-6-4-3-5-7-21)47-29-15-24(12-13-28(29)46-2)39-19-23-11-10-22(14-25(23)33(39)43)18-40-34(44)26-16-30(38-32(42)31(36)41)37-17-27(26)35(40)45/h3-7,10-17,20H,8-9,18-19H2,1-2H3,(H2,36,41)(H,37,38,42). The van der Waals surface area contributed by atoms with E-state index < -0.39 is 23.6 Å². The van der Waals surface area contributed by atoms with Gasteiger partial charge in [-0.05, 0) is 60.7 Å². The number of benzene rings is 3. The van der Waals surface area contributed by atoms with Gasteiger partial charge in [-0.3, -0.25) is 28.9 Å².